The van der Waals surface area contributed by atoms with E-state index in [1.807, 2.05) is 13.0 Å². The molecule has 16 heavy (non-hydrogen) atoms. The van der Waals surface area contributed by atoms with Crippen LogP contribution in [-0.4, -0.2) is 17.6 Å². The highest BCUT2D eigenvalue weighted by atomic mass is 16.5. The van der Waals surface area contributed by atoms with E-state index in [0.29, 0.717) is 12.4 Å². The number of hydrogen-bond donors (Lipinski definition) is 1. The topological polar surface area (TPSA) is 65.2 Å². The Morgan fingerprint density at radius 2 is 2.31 bits per heavy atom. The van der Waals surface area contributed by atoms with Crippen molar-refractivity contribution in [2.24, 2.45) is 0 Å². The number of carbonyl (C=O) groups excluding carboxylic acids is 1. The normalized spacial score (nSPS) is 10.6. The Bertz CT molecular complexity index is 380. The van der Waals surface area contributed by atoms with Crippen LogP contribution < -0.4 is 5.73 Å². The zero-order valence-electron chi connectivity index (χ0n) is 9.56. The molecule has 0 atom stereocenters. The van der Waals surface area contributed by atoms with Gasteiger partial charge in [-0.05, 0) is 37.6 Å². The molecule has 86 valence electrons. The predicted molar refractivity (Wildman–Crippen MR) is 63.7 cm³/mol. The second-order valence-electron chi connectivity index (χ2n) is 3.41. The van der Waals surface area contributed by atoms with Crippen molar-refractivity contribution in [3.8, 4) is 0 Å². The van der Waals surface area contributed by atoms with E-state index in [1.165, 1.54) is 0 Å². The van der Waals surface area contributed by atoms with Gasteiger partial charge in [0.05, 0.1) is 18.7 Å². The lowest BCUT2D eigenvalue weighted by Gasteiger charge is -1.99. The first-order valence-corrected chi connectivity index (χ1v) is 5.18. The third-order valence-electron chi connectivity index (χ3n) is 1.89. The summed E-state index contributed by atoms with van der Waals surface area (Å²) in [4.78, 5) is 15.2. The SMILES string of the molecule is CCOC(=O)CC=Cc1cc(C)cc(N)n1. The minimum Gasteiger partial charge on any atom is -0.466 e. The van der Waals surface area contributed by atoms with Crippen molar-refractivity contribution in [2.75, 3.05) is 12.3 Å². The van der Waals surface area contributed by atoms with Gasteiger partial charge >= 0.3 is 5.97 Å². The average molecular weight is 220 g/mol. The number of nitrogen functional groups attached to an aromatic ring is 1. The van der Waals surface area contributed by atoms with Crippen LogP contribution in [0.1, 0.15) is 24.6 Å². The number of nitrogens with two attached hydrogens (primary N) is 1. The van der Waals surface area contributed by atoms with Crippen molar-refractivity contribution in [3.05, 3.63) is 29.5 Å². The number of hydrogen-bond acceptors (Lipinski definition) is 4. The maximum atomic E-state index is 11.0. The van der Waals surface area contributed by atoms with Crippen molar-refractivity contribution >= 4 is 17.9 Å². The first-order valence-electron chi connectivity index (χ1n) is 5.18. The molecule has 0 bridgehead atoms. The van der Waals surface area contributed by atoms with Crippen LogP contribution >= 0.6 is 0 Å². The number of aromatic nitrogens is 1. The Morgan fingerprint density at radius 1 is 1.56 bits per heavy atom. The molecule has 0 aliphatic rings. The second-order valence-corrected chi connectivity index (χ2v) is 3.41. The summed E-state index contributed by atoms with van der Waals surface area (Å²) < 4.78 is 4.79. The van der Waals surface area contributed by atoms with Crippen LogP contribution in [0.2, 0.25) is 0 Å². The highest BCUT2D eigenvalue weighted by Gasteiger charge is 1.97. The van der Waals surface area contributed by atoms with E-state index in [9.17, 15) is 4.79 Å². The van der Waals surface area contributed by atoms with Crippen molar-refractivity contribution in [1.29, 1.82) is 0 Å². The molecule has 1 heterocycles. The predicted octanol–water partition coefficient (Wildman–Crippen LogP) is 1.94. The van der Waals surface area contributed by atoms with E-state index in [4.69, 9.17) is 10.5 Å². The Kier molecular flexibility index (Phi) is 4.51. The maximum absolute atomic E-state index is 11.0. The second kappa shape index (κ2) is 5.90. The summed E-state index contributed by atoms with van der Waals surface area (Å²) in [6.07, 6.45) is 3.74. The number of nitrogens with zero attached hydrogens (tertiary/aromatic N) is 1. The van der Waals surface area contributed by atoms with Crippen molar-refractivity contribution < 1.29 is 9.53 Å². The fourth-order valence-electron chi connectivity index (χ4n) is 1.30. The van der Waals surface area contributed by atoms with Crippen LogP contribution in [0.4, 0.5) is 5.82 Å². The van der Waals surface area contributed by atoms with Crippen molar-refractivity contribution in [3.63, 3.8) is 0 Å². The molecule has 0 aliphatic heterocycles. The maximum Gasteiger partial charge on any atom is 0.309 e. The van der Waals surface area contributed by atoms with E-state index < -0.39 is 0 Å². The molecular formula is C12H16N2O2. The summed E-state index contributed by atoms with van der Waals surface area (Å²) in [5.41, 5.74) is 7.40. The van der Waals surface area contributed by atoms with Gasteiger partial charge in [0.25, 0.3) is 0 Å². The quantitative estimate of drug-likeness (QED) is 0.787. The summed E-state index contributed by atoms with van der Waals surface area (Å²) in [6, 6.07) is 3.70. The Morgan fingerprint density at radius 3 is 2.94 bits per heavy atom. The van der Waals surface area contributed by atoms with E-state index in [1.54, 1.807) is 25.1 Å². The first-order chi connectivity index (χ1) is 7.61. The minimum atomic E-state index is -0.237. The largest absolute Gasteiger partial charge is 0.466 e. The minimum absolute atomic E-state index is 0.237. The van der Waals surface area contributed by atoms with Gasteiger partial charge < -0.3 is 10.5 Å². The molecule has 0 unspecified atom stereocenters. The number of ether oxygens (including phenoxy) is 1. The summed E-state index contributed by atoms with van der Waals surface area (Å²) in [6.45, 7) is 4.13. The number of anilines is 1. The zero-order chi connectivity index (χ0) is 12.0. The lowest BCUT2D eigenvalue weighted by Crippen LogP contribution is -2.01. The molecule has 1 aromatic heterocycles. The fourth-order valence-corrected chi connectivity index (χ4v) is 1.30. The molecule has 0 fully saturated rings. The van der Waals surface area contributed by atoms with Crippen LogP contribution in [0.5, 0.6) is 0 Å². The van der Waals surface area contributed by atoms with E-state index in [2.05, 4.69) is 4.98 Å². The highest BCUT2D eigenvalue weighted by Crippen LogP contribution is 2.08. The molecule has 0 aromatic carbocycles. The molecule has 1 aromatic rings. The zero-order valence-corrected chi connectivity index (χ0v) is 9.56. The lowest BCUT2D eigenvalue weighted by atomic mass is 10.2. The number of carbonyl (C=O) groups is 1. The third-order valence-corrected chi connectivity index (χ3v) is 1.89. The summed E-state index contributed by atoms with van der Waals surface area (Å²) >= 11 is 0. The molecule has 4 heteroatoms. The van der Waals surface area contributed by atoms with Gasteiger partial charge in [-0.2, -0.15) is 0 Å². The lowest BCUT2D eigenvalue weighted by molar-refractivity contribution is -0.142. The van der Waals surface area contributed by atoms with Gasteiger partial charge in [-0.3, -0.25) is 4.79 Å². The van der Waals surface area contributed by atoms with E-state index in [-0.39, 0.29) is 12.4 Å². The number of rotatable bonds is 4. The van der Waals surface area contributed by atoms with Crippen LogP contribution in [-0.2, 0) is 9.53 Å². The average Bonchev–Trinajstić information content (AvgIpc) is 2.16. The summed E-state index contributed by atoms with van der Waals surface area (Å²) in [5, 5.41) is 0. The Hall–Kier alpha value is -1.84. The molecule has 0 aliphatic carbocycles. The van der Waals surface area contributed by atoms with Crippen molar-refractivity contribution in [2.45, 2.75) is 20.3 Å². The Labute approximate surface area is 95.1 Å². The van der Waals surface area contributed by atoms with Crippen LogP contribution in [0.3, 0.4) is 0 Å². The monoisotopic (exact) mass is 220 g/mol. The molecule has 0 radical (unpaired) electrons. The first kappa shape index (κ1) is 12.2. The molecule has 0 saturated heterocycles. The molecule has 4 nitrogen and oxygen atoms in total. The Balaban J connectivity index is 2.59. The molecular weight excluding hydrogens is 204 g/mol. The fraction of sp³-hybridized carbons (Fsp3) is 0.333. The van der Waals surface area contributed by atoms with Crippen molar-refractivity contribution in [1.82, 2.24) is 4.98 Å². The van der Waals surface area contributed by atoms with E-state index in [0.717, 1.165) is 11.3 Å². The van der Waals surface area contributed by atoms with Gasteiger partial charge in [0.15, 0.2) is 0 Å². The third kappa shape index (κ3) is 4.13. The van der Waals surface area contributed by atoms with Gasteiger partial charge in [-0.1, -0.05) is 6.08 Å². The number of esters is 1. The van der Waals surface area contributed by atoms with Crippen LogP contribution in [0, 0.1) is 6.92 Å². The molecule has 0 spiro atoms. The smallest absolute Gasteiger partial charge is 0.309 e. The van der Waals surface area contributed by atoms with Gasteiger partial charge in [0.1, 0.15) is 5.82 Å². The molecule has 2 N–H and O–H groups in total. The number of pyridine rings is 1. The number of aryl methyl sites for hydroxylation is 1. The van der Waals surface area contributed by atoms with Gasteiger partial charge in [0, 0.05) is 0 Å². The van der Waals surface area contributed by atoms with Crippen LogP contribution in [0.25, 0.3) is 6.08 Å². The highest BCUT2D eigenvalue weighted by molar-refractivity contribution is 5.72. The molecule has 0 amide bonds. The van der Waals surface area contributed by atoms with Crippen LogP contribution in [0.15, 0.2) is 18.2 Å². The van der Waals surface area contributed by atoms with E-state index >= 15 is 0 Å². The summed E-state index contributed by atoms with van der Waals surface area (Å²) in [7, 11) is 0. The van der Waals surface area contributed by atoms with Gasteiger partial charge in [0.2, 0.25) is 0 Å². The van der Waals surface area contributed by atoms with Gasteiger partial charge in [-0.25, -0.2) is 4.98 Å². The molecule has 1 rings (SSSR count). The standard InChI is InChI=1S/C12H16N2O2/c1-3-16-12(15)6-4-5-10-7-9(2)8-11(13)14-10/h4-5,7-8H,3,6H2,1-2H3,(H2,13,14). The molecule has 0 saturated carbocycles. The van der Waals surface area contributed by atoms with Gasteiger partial charge in [-0.15, -0.1) is 0 Å². The summed E-state index contributed by atoms with van der Waals surface area (Å²) in [5.74, 6) is 0.246.